The van der Waals surface area contributed by atoms with Crippen molar-refractivity contribution in [3.05, 3.63) is 96.0 Å². The number of aromatic nitrogens is 2. The van der Waals surface area contributed by atoms with Gasteiger partial charge < -0.3 is 19.0 Å². The molecule has 4 rings (SSSR count). The van der Waals surface area contributed by atoms with Crippen molar-refractivity contribution in [2.45, 2.75) is 6.04 Å². The fourth-order valence-corrected chi connectivity index (χ4v) is 3.20. The van der Waals surface area contributed by atoms with Crippen LogP contribution in [0.5, 0.6) is 5.75 Å². The van der Waals surface area contributed by atoms with Crippen LogP contribution in [0.25, 0.3) is 11.3 Å². The van der Waals surface area contributed by atoms with Crippen molar-refractivity contribution in [2.75, 3.05) is 7.11 Å². The zero-order valence-corrected chi connectivity index (χ0v) is 16.5. The number of hydrogen-bond acceptors (Lipinski definition) is 4. The van der Waals surface area contributed by atoms with Gasteiger partial charge in [0.1, 0.15) is 29.2 Å². The maximum Gasteiger partial charge on any atom is 0.287 e. The molecule has 0 saturated carbocycles. The lowest BCUT2D eigenvalue weighted by molar-refractivity contribution is 0.0914. The van der Waals surface area contributed by atoms with E-state index in [9.17, 15) is 9.18 Å². The Balaban J connectivity index is 1.62. The van der Waals surface area contributed by atoms with Gasteiger partial charge in [0.15, 0.2) is 5.76 Å². The van der Waals surface area contributed by atoms with Crippen molar-refractivity contribution in [1.82, 2.24) is 14.9 Å². The molecule has 1 unspecified atom stereocenters. The molecule has 0 radical (unpaired) electrons. The van der Waals surface area contributed by atoms with Crippen LogP contribution in [0.4, 0.5) is 4.39 Å². The zero-order chi connectivity index (χ0) is 21.1. The number of imidazole rings is 1. The van der Waals surface area contributed by atoms with Gasteiger partial charge in [-0.1, -0.05) is 12.1 Å². The largest absolute Gasteiger partial charge is 0.497 e. The molecule has 152 valence electrons. The number of ether oxygens (including phenoxy) is 1. The number of amides is 1. The average Bonchev–Trinajstić information content (AvgIpc) is 3.42. The fraction of sp³-hybridized carbons (Fsp3) is 0.130. The highest BCUT2D eigenvalue weighted by Gasteiger charge is 2.23. The molecule has 0 aliphatic rings. The Kier molecular flexibility index (Phi) is 5.34. The normalized spacial score (nSPS) is 11.8. The van der Waals surface area contributed by atoms with Crippen LogP contribution in [0.3, 0.4) is 0 Å². The number of halogens is 1. The maximum absolute atomic E-state index is 13.2. The Morgan fingerprint density at radius 1 is 1.17 bits per heavy atom. The smallest absolute Gasteiger partial charge is 0.287 e. The van der Waals surface area contributed by atoms with Crippen LogP contribution in [-0.4, -0.2) is 22.6 Å². The molecule has 0 fully saturated rings. The van der Waals surface area contributed by atoms with Crippen molar-refractivity contribution < 1.29 is 18.3 Å². The van der Waals surface area contributed by atoms with Crippen molar-refractivity contribution in [1.29, 1.82) is 0 Å². The lowest BCUT2D eigenvalue weighted by Gasteiger charge is -2.19. The molecular formula is C23H20FN3O3. The Labute approximate surface area is 172 Å². The highest BCUT2D eigenvalue weighted by atomic mass is 19.1. The van der Waals surface area contributed by atoms with Crippen LogP contribution in [0.2, 0.25) is 0 Å². The third-order valence-corrected chi connectivity index (χ3v) is 4.78. The number of aryl methyl sites for hydroxylation is 1. The number of methoxy groups -OCH3 is 1. The van der Waals surface area contributed by atoms with Crippen molar-refractivity contribution in [2.24, 2.45) is 7.05 Å². The van der Waals surface area contributed by atoms with E-state index < -0.39 is 6.04 Å². The second-order valence-electron chi connectivity index (χ2n) is 6.75. The highest BCUT2D eigenvalue weighted by Crippen LogP contribution is 2.26. The van der Waals surface area contributed by atoms with E-state index in [4.69, 9.17) is 9.15 Å². The molecule has 0 spiro atoms. The number of benzene rings is 2. The second-order valence-corrected chi connectivity index (χ2v) is 6.75. The second kappa shape index (κ2) is 8.24. The number of nitrogens with zero attached hydrogens (tertiary/aromatic N) is 2. The summed E-state index contributed by atoms with van der Waals surface area (Å²) in [6, 6.07) is 16.1. The topological polar surface area (TPSA) is 69.3 Å². The first kappa shape index (κ1) is 19.4. The van der Waals surface area contributed by atoms with Crippen LogP contribution in [0, 0.1) is 5.82 Å². The van der Waals surface area contributed by atoms with Crippen LogP contribution >= 0.6 is 0 Å². The first-order valence-corrected chi connectivity index (χ1v) is 9.33. The molecule has 0 bridgehead atoms. The fourth-order valence-electron chi connectivity index (χ4n) is 3.20. The minimum atomic E-state index is -0.507. The molecule has 0 aliphatic heterocycles. The van der Waals surface area contributed by atoms with E-state index in [1.807, 2.05) is 42.1 Å². The van der Waals surface area contributed by atoms with E-state index in [1.165, 1.54) is 12.1 Å². The van der Waals surface area contributed by atoms with Gasteiger partial charge in [0.2, 0.25) is 0 Å². The van der Waals surface area contributed by atoms with E-state index >= 15 is 0 Å². The standard InChI is InChI=1S/C23H20FN3O3/c1-27-13-12-25-22(27)21(16-4-3-5-18(14-16)29-2)26-23(28)20-11-10-19(30-20)15-6-8-17(24)9-7-15/h3-14,21H,1-2H3,(H,26,28). The molecule has 4 aromatic rings. The van der Waals surface area contributed by atoms with Crippen molar-refractivity contribution >= 4 is 5.91 Å². The summed E-state index contributed by atoms with van der Waals surface area (Å²) >= 11 is 0. The SMILES string of the molecule is COc1cccc(C(NC(=O)c2ccc(-c3ccc(F)cc3)o2)c2nccn2C)c1. The van der Waals surface area contributed by atoms with Gasteiger partial charge in [-0.05, 0) is 54.1 Å². The van der Waals surface area contributed by atoms with Crippen molar-refractivity contribution in [3.63, 3.8) is 0 Å². The van der Waals surface area contributed by atoms with Gasteiger partial charge in [-0.25, -0.2) is 9.37 Å². The molecule has 2 aromatic heterocycles. The summed E-state index contributed by atoms with van der Waals surface area (Å²) in [5.41, 5.74) is 1.51. The molecule has 2 aromatic carbocycles. The molecule has 30 heavy (non-hydrogen) atoms. The molecular weight excluding hydrogens is 385 g/mol. The summed E-state index contributed by atoms with van der Waals surface area (Å²) in [5, 5.41) is 2.99. The highest BCUT2D eigenvalue weighted by molar-refractivity contribution is 5.92. The number of carbonyl (C=O) groups is 1. The van der Waals surface area contributed by atoms with Crippen molar-refractivity contribution in [3.8, 4) is 17.1 Å². The summed E-state index contributed by atoms with van der Waals surface area (Å²) in [6.07, 6.45) is 3.49. The zero-order valence-electron chi connectivity index (χ0n) is 16.5. The van der Waals surface area contributed by atoms with Gasteiger partial charge in [0, 0.05) is 25.0 Å². The van der Waals surface area contributed by atoms with Crippen LogP contribution in [0.15, 0.2) is 77.5 Å². The lowest BCUT2D eigenvalue weighted by atomic mass is 10.1. The molecule has 7 heteroatoms. The number of rotatable bonds is 6. The monoisotopic (exact) mass is 405 g/mol. The summed E-state index contributed by atoms with van der Waals surface area (Å²) in [6.45, 7) is 0. The lowest BCUT2D eigenvalue weighted by Crippen LogP contribution is -2.30. The predicted octanol–water partition coefficient (Wildman–Crippen LogP) is 4.35. The minimum absolute atomic E-state index is 0.149. The molecule has 0 saturated heterocycles. The van der Waals surface area contributed by atoms with Gasteiger partial charge in [0.25, 0.3) is 5.91 Å². The molecule has 1 amide bonds. The number of furan rings is 1. The van der Waals surface area contributed by atoms with E-state index in [1.54, 1.807) is 37.6 Å². The van der Waals surface area contributed by atoms with E-state index in [2.05, 4.69) is 10.3 Å². The molecule has 0 aliphatic carbocycles. The van der Waals surface area contributed by atoms with Gasteiger partial charge in [-0.15, -0.1) is 0 Å². The van der Waals surface area contributed by atoms with Crippen LogP contribution in [0.1, 0.15) is 28.0 Å². The van der Waals surface area contributed by atoms with Gasteiger partial charge in [-0.2, -0.15) is 0 Å². The molecule has 1 atom stereocenters. The maximum atomic E-state index is 13.2. The summed E-state index contributed by atoms with van der Waals surface area (Å²) in [4.78, 5) is 17.4. The molecule has 6 nitrogen and oxygen atoms in total. The Hall–Kier alpha value is -3.87. The Bertz CT molecular complexity index is 1160. The summed E-state index contributed by atoms with van der Waals surface area (Å²) in [5.74, 6) is 1.25. The first-order chi connectivity index (χ1) is 14.5. The molecule has 2 heterocycles. The van der Waals surface area contributed by atoms with E-state index in [0.29, 0.717) is 22.9 Å². The Morgan fingerprint density at radius 3 is 2.67 bits per heavy atom. The van der Waals surface area contributed by atoms with E-state index in [-0.39, 0.29) is 17.5 Å². The van der Waals surface area contributed by atoms with Crippen LogP contribution < -0.4 is 10.1 Å². The third kappa shape index (κ3) is 3.96. The number of hydrogen-bond donors (Lipinski definition) is 1. The summed E-state index contributed by atoms with van der Waals surface area (Å²) < 4.78 is 26.0. The average molecular weight is 405 g/mol. The van der Waals surface area contributed by atoms with Gasteiger partial charge in [-0.3, -0.25) is 4.79 Å². The number of nitrogens with one attached hydrogen (secondary N) is 1. The predicted molar refractivity (Wildman–Crippen MR) is 110 cm³/mol. The van der Waals surface area contributed by atoms with E-state index in [0.717, 1.165) is 5.56 Å². The Morgan fingerprint density at radius 2 is 1.97 bits per heavy atom. The quantitative estimate of drug-likeness (QED) is 0.518. The number of carbonyl (C=O) groups excluding carboxylic acids is 1. The van der Waals surface area contributed by atoms with Gasteiger partial charge >= 0.3 is 0 Å². The third-order valence-electron chi connectivity index (χ3n) is 4.78. The van der Waals surface area contributed by atoms with Gasteiger partial charge in [0.05, 0.1) is 7.11 Å². The summed E-state index contributed by atoms with van der Waals surface area (Å²) in [7, 11) is 3.45. The minimum Gasteiger partial charge on any atom is -0.497 e. The first-order valence-electron chi connectivity index (χ1n) is 9.33. The molecule has 1 N–H and O–H groups in total. The van der Waals surface area contributed by atoms with Crippen LogP contribution in [-0.2, 0) is 7.05 Å².